The van der Waals surface area contributed by atoms with Crippen molar-refractivity contribution in [3.8, 4) is 33.4 Å². The van der Waals surface area contributed by atoms with E-state index >= 15 is 0 Å². The van der Waals surface area contributed by atoms with Gasteiger partial charge in [-0.3, -0.25) is 0 Å². The van der Waals surface area contributed by atoms with Crippen LogP contribution in [0.2, 0.25) is 0 Å². The highest BCUT2D eigenvalue weighted by molar-refractivity contribution is 6.16. The summed E-state index contributed by atoms with van der Waals surface area (Å²) in [6, 6.07) is 91.4. The number of nitrogens with zero attached hydrogens (tertiary/aromatic N) is 2. The van der Waals surface area contributed by atoms with Gasteiger partial charge in [-0.2, -0.15) is 0 Å². The predicted octanol–water partition coefficient (Wildman–Crippen LogP) is 17.8. The van der Waals surface area contributed by atoms with Gasteiger partial charge < -0.3 is 14.2 Å². The van der Waals surface area contributed by atoms with Crippen molar-refractivity contribution in [2.75, 3.05) is 9.80 Å². The van der Waals surface area contributed by atoms with Crippen LogP contribution in [0.25, 0.3) is 76.9 Å². The van der Waals surface area contributed by atoms with Crippen LogP contribution >= 0.6 is 0 Å². The minimum atomic E-state index is 0.812. The van der Waals surface area contributed by atoms with Crippen LogP contribution in [0.1, 0.15) is 0 Å². The van der Waals surface area contributed by atoms with Crippen molar-refractivity contribution < 1.29 is 4.42 Å². The first-order valence-corrected chi connectivity index (χ1v) is 22.2. The molecule has 11 aromatic carbocycles. The highest BCUT2D eigenvalue weighted by atomic mass is 16.3. The van der Waals surface area contributed by atoms with E-state index in [1.165, 1.54) is 21.7 Å². The van der Waals surface area contributed by atoms with Crippen molar-refractivity contribution in [2.24, 2.45) is 0 Å². The molecule has 1 heterocycles. The summed E-state index contributed by atoms with van der Waals surface area (Å²) in [5.41, 5.74) is 14.6. The first-order chi connectivity index (χ1) is 32.2. The summed E-state index contributed by atoms with van der Waals surface area (Å²) in [5.74, 6) is 0. The van der Waals surface area contributed by atoms with Gasteiger partial charge in [0.2, 0.25) is 0 Å². The molecule has 0 atom stereocenters. The Balaban J connectivity index is 1.16. The van der Waals surface area contributed by atoms with Crippen LogP contribution in [0.5, 0.6) is 0 Å². The molecule has 0 N–H and O–H groups in total. The average Bonchev–Trinajstić information content (AvgIpc) is 3.74. The standard InChI is InChI=1S/C62H42N2O/c1-4-18-43(19-5-1)45-34-36-52(37-35-45)63(58-30-16-14-28-54(58)46-21-6-2-7-22-46)53-41-57-56-39-48-24-12-13-25-49(48)40-61(56)65-62(57)60(42-53)64(51-26-8-3-9-27-51)59-31-17-15-29-55(59)50-33-32-44-20-10-11-23-47(44)38-50/h1-42H. The van der Waals surface area contributed by atoms with E-state index in [1.54, 1.807) is 0 Å². The monoisotopic (exact) mass is 830 g/mol. The number of anilines is 6. The molecule has 0 spiro atoms. The smallest absolute Gasteiger partial charge is 0.159 e. The first kappa shape index (κ1) is 38.0. The number of rotatable bonds is 9. The second kappa shape index (κ2) is 16.2. The van der Waals surface area contributed by atoms with E-state index in [9.17, 15) is 0 Å². The van der Waals surface area contributed by atoms with E-state index in [4.69, 9.17) is 4.42 Å². The van der Waals surface area contributed by atoms with Gasteiger partial charge in [0.1, 0.15) is 5.58 Å². The third-order valence-electron chi connectivity index (χ3n) is 12.6. The van der Waals surface area contributed by atoms with Crippen molar-refractivity contribution in [3.63, 3.8) is 0 Å². The van der Waals surface area contributed by atoms with Gasteiger partial charge in [0.15, 0.2) is 5.58 Å². The van der Waals surface area contributed by atoms with E-state index in [0.29, 0.717) is 0 Å². The molecule has 12 rings (SSSR count). The molecule has 12 aromatic rings. The third kappa shape index (κ3) is 6.97. The molecule has 0 aliphatic rings. The first-order valence-electron chi connectivity index (χ1n) is 22.2. The van der Waals surface area contributed by atoms with Gasteiger partial charge in [-0.25, -0.2) is 0 Å². The lowest BCUT2D eigenvalue weighted by molar-refractivity contribution is 0.669. The van der Waals surface area contributed by atoms with Gasteiger partial charge >= 0.3 is 0 Å². The Labute approximate surface area is 378 Å². The number of fused-ring (bicyclic) bond motifs is 5. The summed E-state index contributed by atoms with van der Waals surface area (Å²) in [5, 5.41) is 6.81. The van der Waals surface area contributed by atoms with E-state index in [-0.39, 0.29) is 0 Å². The number of furan rings is 1. The maximum Gasteiger partial charge on any atom is 0.159 e. The molecular formula is C62H42N2O. The fourth-order valence-electron chi connectivity index (χ4n) is 9.47. The summed E-state index contributed by atoms with van der Waals surface area (Å²) < 4.78 is 7.16. The molecule has 0 saturated carbocycles. The lowest BCUT2D eigenvalue weighted by Gasteiger charge is -2.31. The third-order valence-corrected chi connectivity index (χ3v) is 12.6. The predicted molar refractivity (Wildman–Crippen MR) is 274 cm³/mol. The number of hydrogen-bond acceptors (Lipinski definition) is 3. The van der Waals surface area contributed by atoms with Crippen LogP contribution in [-0.4, -0.2) is 0 Å². The fraction of sp³-hybridized carbons (Fsp3) is 0. The molecular weight excluding hydrogens is 789 g/mol. The Kier molecular flexibility index (Phi) is 9.50. The van der Waals surface area contributed by atoms with Gasteiger partial charge in [0, 0.05) is 39.0 Å². The second-order valence-electron chi connectivity index (χ2n) is 16.5. The number of hydrogen-bond donors (Lipinski definition) is 0. The Morgan fingerprint density at radius 3 is 1.45 bits per heavy atom. The molecule has 3 nitrogen and oxygen atoms in total. The molecule has 0 aliphatic heterocycles. The van der Waals surface area contributed by atoms with Gasteiger partial charge in [-0.15, -0.1) is 0 Å². The lowest BCUT2D eigenvalue weighted by atomic mass is 9.98. The van der Waals surface area contributed by atoms with Crippen LogP contribution in [0.4, 0.5) is 34.1 Å². The zero-order valence-corrected chi connectivity index (χ0v) is 35.6. The molecule has 3 heteroatoms. The normalized spacial score (nSPS) is 11.4. The summed E-state index contributed by atoms with van der Waals surface area (Å²) >= 11 is 0. The SMILES string of the molecule is c1ccc(-c2ccc(N(c3cc(N(c4ccccc4)c4ccccc4-c4ccc5ccccc5c4)c4oc5cc6ccccc6cc5c4c3)c3ccccc3-c3ccccc3)cc2)cc1. The van der Waals surface area contributed by atoms with Crippen molar-refractivity contribution in [1.29, 1.82) is 0 Å². The van der Waals surface area contributed by atoms with E-state index in [1.807, 2.05) is 0 Å². The molecule has 0 saturated heterocycles. The molecule has 0 amide bonds. The lowest BCUT2D eigenvalue weighted by Crippen LogP contribution is -2.14. The molecule has 306 valence electrons. The Bertz CT molecular complexity index is 3650. The van der Waals surface area contributed by atoms with Crippen LogP contribution < -0.4 is 9.80 Å². The molecule has 0 fully saturated rings. The fourth-order valence-corrected chi connectivity index (χ4v) is 9.47. The number of para-hydroxylation sites is 3. The summed E-state index contributed by atoms with van der Waals surface area (Å²) in [4.78, 5) is 4.80. The minimum Gasteiger partial charge on any atom is -0.454 e. The number of benzene rings is 11. The molecule has 1 aromatic heterocycles. The summed E-state index contributed by atoms with van der Waals surface area (Å²) in [7, 11) is 0. The molecule has 65 heavy (non-hydrogen) atoms. The van der Waals surface area contributed by atoms with Gasteiger partial charge in [0.25, 0.3) is 0 Å². The quantitative estimate of drug-likeness (QED) is 0.144. The largest absolute Gasteiger partial charge is 0.454 e. The van der Waals surface area contributed by atoms with Crippen molar-refractivity contribution >= 4 is 77.6 Å². The summed E-state index contributed by atoms with van der Waals surface area (Å²) in [6.45, 7) is 0. The van der Waals surface area contributed by atoms with Crippen LogP contribution in [0, 0.1) is 0 Å². The topological polar surface area (TPSA) is 19.6 Å². The minimum absolute atomic E-state index is 0.812. The van der Waals surface area contributed by atoms with Gasteiger partial charge in [-0.1, -0.05) is 188 Å². The van der Waals surface area contributed by atoms with Gasteiger partial charge in [0.05, 0.1) is 17.1 Å². The highest BCUT2D eigenvalue weighted by Crippen LogP contribution is 2.50. The van der Waals surface area contributed by atoms with Gasteiger partial charge in [-0.05, 0) is 111 Å². The average molecular weight is 831 g/mol. The van der Waals surface area contributed by atoms with E-state index in [0.717, 1.165) is 89.3 Å². The van der Waals surface area contributed by atoms with E-state index in [2.05, 4.69) is 265 Å². The zero-order valence-electron chi connectivity index (χ0n) is 35.6. The van der Waals surface area contributed by atoms with Crippen molar-refractivity contribution in [3.05, 3.63) is 255 Å². The van der Waals surface area contributed by atoms with Crippen LogP contribution in [0.15, 0.2) is 259 Å². The van der Waals surface area contributed by atoms with Crippen molar-refractivity contribution in [1.82, 2.24) is 0 Å². The van der Waals surface area contributed by atoms with Crippen LogP contribution in [-0.2, 0) is 0 Å². The maximum absolute atomic E-state index is 7.16. The van der Waals surface area contributed by atoms with E-state index < -0.39 is 0 Å². The highest BCUT2D eigenvalue weighted by Gasteiger charge is 2.26. The Morgan fingerprint density at radius 2 is 0.754 bits per heavy atom. The van der Waals surface area contributed by atoms with Crippen LogP contribution in [0.3, 0.4) is 0 Å². The Morgan fingerprint density at radius 1 is 0.262 bits per heavy atom. The maximum atomic E-state index is 7.16. The molecule has 0 aliphatic carbocycles. The molecule has 0 bridgehead atoms. The summed E-state index contributed by atoms with van der Waals surface area (Å²) in [6.07, 6.45) is 0. The van der Waals surface area contributed by atoms with Crippen molar-refractivity contribution in [2.45, 2.75) is 0 Å². The second-order valence-corrected chi connectivity index (χ2v) is 16.5. The molecule has 0 unspecified atom stereocenters. The Hall–Kier alpha value is -8.66. The zero-order chi connectivity index (χ0) is 43.1. The molecule has 0 radical (unpaired) electrons.